The molecule has 1 saturated heterocycles. The third-order valence-electron chi connectivity index (χ3n) is 5.37. The predicted octanol–water partition coefficient (Wildman–Crippen LogP) is 5.16. The Kier molecular flexibility index (Phi) is 6.81. The Morgan fingerprint density at radius 2 is 1.94 bits per heavy atom. The topological polar surface area (TPSA) is 62.3 Å². The molecule has 0 saturated carbocycles. The van der Waals surface area contributed by atoms with Crippen LogP contribution in [0.1, 0.15) is 33.6 Å². The van der Waals surface area contributed by atoms with Crippen LogP contribution in [0.15, 0.2) is 48.7 Å². The summed E-state index contributed by atoms with van der Waals surface area (Å²) in [6.45, 7) is 0.650. The summed E-state index contributed by atoms with van der Waals surface area (Å²) in [5.74, 6) is -2.52. The van der Waals surface area contributed by atoms with Crippen molar-refractivity contribution >= 4 is 39.9 Å². The standard InChI is InChI=1S/C23H20ClF2N3O2S/c24-16-3-1-2-14(10-16)11-18-13-27-23(32-18)28-21(30)15-6-8-29(9-7-15)22(31)19-5-4-17(25)12-20(19)26/h1-5,10,12-13,15H,6-9,11H2,(H,27,28,30). The number of amides is 2. The van der Waals surface area contributed by atoms with Gasteiger partial charge in [0.15, 0.2) is 5.13 Å². The molecule has 2 heterocycles. The van der Waals surface area contributed by atoms with Crippen LogP contribution >= 0.6 is 22.9 Å². The first kappa shape index (κ1) is 22.4. The third-order valence-corrected chi connectivity index (χ3v) is 6.51. The number of carbonyl (C=O) groups is 2. The van der Waals surface area contributed by atoms with Gasteiger partial charge in [0.2, 0.25) is 5.91 Å². The summed E-state index contributed by atoms with van der Waals surface area (Å²) in [5.41, 5.74) is 0.901. The van der Waals surface area contributed by atoms with Crippen LogP contribution in [-0.4, -0.2) is 34.8 Å². The Labute approximate surface area is 193 Å². The number of likely N-dealkylation sites (tertiary alicyclic amines) is 1. The van der Waals surface area contributed by atoms with Crippen LogP contribution in [0.5, 0.6) is 0 Å². The molecule has 9 heteroatoms. The molecular formula is C23H20ClF2N3O2S. The monoisotopic (exact) mass is 475 g/mol. The van der Waals surface area contributed by atoms with Crippen molar-refractivity contribution in [1.82, 2.24) is 9.88 Å². The maximum Gasteiger partial charge on any atom is 0.256 e. The fraction of sp³-hybridized carbons (Fsp3) is 0.261. The van der Waals surface area contributed by atoms with Gasteiger partial charge in [-0.05, 0) is 42.7 Å². The number of benzene rings is 2. The van der Waals surface area contributed by atoms with Crippen LogP contribution in [0.3, 0.4) is 0 Å². The number of carbonyl (C=O) groups excluding carboxylic acids is 2. The minimum atomic E-state index is -0.882. The average molecular weight is 476 g/mol. The molecule has 1 N–H and O–H groups in total. The Hall–Kier alpha value is -2.84. The highest BCUT2D eigenvalue weighted by Crippen LogP contribution is 2.25. The van der Waals surface area contributed by atoms with Crippen molar-refractivity contribution in [3.63, 3.8) is 0 Å². The lowest BCUT2D eigenvalue weighted by Gasteiger charge is -2.31. The Balaban J connectivity index is 1.30. The van der Waals surface area contributed by atoms with E-state index in [9.17, 15) is 18.4 Å². The first-order valence-electron chi connectivity index (χ1n) is 10.1. The van der Waals surface area contributed by atoms with Crippen LogP contribution in [0.4, 0.5) is 13.9 Å². The lowest BCUT2D eigenvalue weighted by Crippen LogP contribution is -2.41. The van der Waals surface area contributed by atoms with Gasteiger partial charge in [0, 0.05) is 47.6 Å². The fourth-order valence-corrected chi connectivity index (χ4v) is 4.74. The van der Waals surface area contributed by atoms with E-state index in [4.69, 9.17) is 11.6 Å². The van der Waals surface area contributed by atoms with Gasteiger partial charge in [0.25, 0.3) is 5.91 Å². The summed E-state index contributed by atoms with van der Waals surface area (Å²) in [6.07, 6.45) is 3.33. The molecule has 1 aliphatic rings. The van der Waals surface area contributed by atoms with E-state index in [-0.39, 0.29) is 17.4 Å². The number of nitrogens with one attached hydrogen (secondary N) is 1. The van der Waals surface area contributed by atoms with Gasteiger partial charge in [-0.3, -0.25) is 9.59 Å². The van der Waals surface area contributed by atoms with E-state index < -0.39 is 17.5 Å². The molecule has 0 bridgehead atoms. The molecular weight excluding hydrogens is 456 g/mol. The van der Waals surface area contributed by atoms with Gasteiger partial charge in [-0.2, -0.15) is 0 Å². The highest BCUT2D eigenvalue weighted by Gasteiger charge is 2.29. The first-order chi connectivity index (χ1) is 15.4. The Morgan fingerprint density at radius 3 is 2.66 bits per heavy atom. The molecule has 4 rings (SSSR count). The van der Waals surface area contributed by atoms with Crippen LogP contribution in [0.2, 0.25) is 5.02 Å². The van der Waals surface area contributed by atoms with E-state index in [1.54, 1.807) is 6.20 Å². The highest BCUT2D eigenvalue weighted by atomic mass is 35.5. The van der Waals surface area contributed by atoms with Crippen molar-refractivity contribution in [2.75, 3.05) is 18.4 Å². The zero-order valence-corrected chi connectivity index (χ0v) is 18.6. The molecule has 0 aliphatic carbocycles. The number of hydrogen-bond donors (Lipinski definition) is 1. The first-order valence-corrected chi connectivity index (χ1v) is 11.3. The number of halogens is 3. The second kappa shape index (κ2) is 9.75. The molecule has 0 radical (unpaired) electrons. The van der Waals surface area contributed by atoms with Crippen LogP contribution in [-0.2, 0) is 11.2 Å². The summed E-state index contributed by atoms with van der Waals surface area (Å²) in [5, 5.41) is 4.06. The SMILES string of the molecule is O=C(Nc1ncc(Cc2cccc(Cl)c2)s1)C1CCN(C(=O)c2ccc(F)cc2F)CC1. The summed E-state index contributed by atoms with van der Waals surface area (Å²) < 4.78 is 27.0. The van der Waals surface area contributed by atoms with Gasteiger partial charge < -0.3 is 10.2 Å². The van der Waals surface area contributed by atoms with Gasteiger partial charge >= 0.3 is 0 Å². The number of aromatic nitrogens is 1. The number of rotatable bonds is 5. The molecule has 1 aliphatic heterocycles. The second-order valence-corrected chi connectivity index (χ2v) is 9.17. The normalized spacial score (nSPS) is 14.4. The Bertz CT molecular complexity index is 1150. The summed E-state index contributed by atoms with van der Waals surface area (Å²) in [6, 6.07) is 10.5. The molecule has 32 heavy (non-hydrogen) atoms. The summed E-state index contributed by atoms with van der Waals surface area (Å²) >= 11 is 7.43. The Morgan fingerprint density at radius 1 is 1.16 bits per heavy atom. The average Bonchev–Trinajstić information content (AvgIpc) is 3.20. The molecule has 2 amide bonds. The van der Waals surface area contributed by atoms with Crippen molar-refractivity contribution in [3.8, 4) is 0 Å². The van der Waals surface area contributed by atoms with Crippen LogP contribution < -0.4 is 5.32 Å². The van der Waals surface area contributed by atoms with E-state index in [1.165, 1.54) is 16.2 Å². The molecule has 2 aromatic carbocycles. The predicted molar refractivity (Wildman–Crippen MR) is 120 cm³/mol. The maximum absolute atomic E-state index is 13.9. The highest BCUT2D eigenvalue weighted by molar-refractivity contribution is 7.15. The van der Waals surface area contributed by atoms with E-state index >= 15 is 0 Å². The molecule has 0 unspecified atom stereocenters. The van der Waals surface area contributed by atoms with Crippen LogP contribution in [0.25, 0.3) is 0 Å². The van der Waals surface area contributed by atoms with Crippen LogP contribution in [0, 0.1) is 17.6 Å². The lowest BCUT2D eigenvalue weighted by atomic mass is 9.95. The minimum absolute atomic E-state index is 0.145. The largest absolute Gasteiger partial charge is 0.339 e. The molecule has 1 aromatic heterocycles. The number of nitrogens with zero attached hydrogens (tertiary/aromatic N) is 2. The molecule has 0 atom stereocenters. The van der Waals surface area contributed by atoms with Gasteiger partial charge in [-0.15, -0.1) is 11.3 Å². The van der Waals surface area contributed by atoms with Crippen molar-refractivity contribution in [1.29, 1.82) is 0 Å². The van der Waals surface area contributed by atoms with E-state index in [2.05, 4.69) is 10.3 Å². The van der Waals surface area contributed by atoms with Gasteiger partial charge in [-0.1, -0.05) is 23.7 Å². The summed E-state index contributed by atoms with van der Waals surface area (Å²) in [4.78, 5) is 32.0. The molecule has 166 valence electrons. The third kappa shape index (κ3) is 5.31. The molecule has 3 aromatic rings. The minimum Gasteiger partial charge on any atom is -0.339 e. The second-order valence-electron chi connectivity index (χ2n) is 7.62. The number of anilines is 1. The maximum atomic E-state index is 13.9. The lowest BCUT2D eigenvalue weighted by molar-refractivity contribution is -0.121. The smallest absolute Gasteiger partial charge is 0.256 e. The van der Waals surface area contributed by atoms with Crippen molar-refractivity contribution in [2.24, 2.45) is 5.92 Å². The fourth-order valence-electron chi connectivity index (χ4n) is 3.68. The number of piperidine rings is 1. The van der Waals surface area contributed by atoms with E-state index in [1.807, 2.05) is 24.3 Å². The van der Waals surface area contributed by atoms with Gasteiger partial charge in [0.1, 0.15) is 11.6 Å². The molecule has 5 nitrogen and oxygen atoms in total. The van der Waals surface area contributed by atoms with Gasteiger partial charge in [0.05, 0.1) is 5.56 Å². The zero-order chi connectivity index (χ0) is 22.7. The van der Waals surface area contributed by atoms with Crippen molar-refractivity contribution < 1.29 is 18.4 Å². The molecule has 1 fully saturated rings. The number of hydrogen-bond acceptors (Lipinski definition) is 4. The van der Waals surface area contributed by atoms with Crippen molar-refractivity contribution in [3.05, 3.63) is 81.3 Å². The van der Waals surface area contributed by atoms with E-state index in [0.29, 0.717) is 48.6 Å². The quantitative estimate of drug-likeness (QED) is 0.554. The van der Waals surface area contributed by atoms with Gasteiger partial charge in [-0.25, -0.2) is 13.8 Å². The zero-order valence-electron chi connectivity index (χ0n) is 17.0. The summed E-state index contributed by atoms with van der Waals surface area (Å²) in [7, 11) is 0. The number of thiazole rings is 1. The molecule has 0 spiro atoms. The van der Waals surface area contributed by atoms with E-state index in [0.717, 1.165) is 22.6 Å². The van der Waals surface area contributed by atoms with Crippen molar-refractivity contribution in [2.45, 2.75) is 19.3 Å².